The Morgan fingerprint density at radius 3 is 3.12 bits per heavy atom. The van der Waals surface area contributed by atoms with E-state index in [1.54, 1.807) is 25.1 Å². The predicted molar refractivity (Wildman–Crippen MR) is 68.4 cm³/mol. The number of fused-ring (bicyclic) bond motifs is 1. The molecule has 0 saturated carbocycles. The van der Waals surface area contributed by atoms with Gasteiger partial charge >= 0.3 is 0 Å². The fraction of sp³-hybridized carbons (Fsp3) is 0.500. The van der Waals surface area contributed by atoms with Gasteiger partial charge in [0, 0.05) is 19.4 Å². The summed E-state index contributed by atoms with van der Waals surface area (Å²) >= 11 is 1.64. The van der Waals surface area contributed by atoms with Crippen molar-refractivity contribution in [2.45, 2.75) is 11.9 Å². The van der Waals surface area contributed by atoms with Crippen molar-refractivity contribution < 1.29 is 4.74 Å². The van der Waals surface area contributed by atoms with Crippen molar-refractivity contribution in [1.82, 2.24) is 20.2 Å². The van der Waals surface area contributed by atoms with Crippen LogP contribution in [0.25, 0.3) is 11.0 Å². The minimum atomic E-state index is 0.629. The Hall–Kier alpha value is -1.34. The minimum absolute atomic E-state index is 0.629. The topological polar surface area (TPSA) is 75.7 Å². The lowest BCUT2D eigenvalue weighted by Crippen LogP contribution is -2.03. The van der Waals surface area contributed by atoms with E-state index in [9.17, 15) is 0 Å². The molecule has 0 radical (unpaired) electrons. The van der Waals surface area contributed by atoms with Gasteiger partial charge in [-0.2, -0.15) is 10.1 Å². The van der Waals surface area contributed by atoms with Crippen LogP contribution in [-0.4, -0.2) is 46.2 Å². The molecule has 6 nitrogen and oxygen atoms in total. The first-order valence-electron chi connectivity index (χ1n) is 5.42. The zero-order valence-corrected chi connectivity index (χ0v) is 10.7. The highest BCUT2D eigenvalue weighted by Crippen LogP contribution is 2.24. The molecule has 0 atom stereocenters. The SMILES string of the molecule is CCNc1nc(SCCOC)c2cn[nH]c2n1. The van der Waals surface area contributed by atoms with Gasteiger partial charge in [-0.1, -0.05) is 0 Å². The predicted octanol–water partition coefficient (Wildman–Crippen LogP) is 1.52. The van der Waals surface area contributed by atoms with Crippen LogP contribution in [0, 0.1) is 0 Å². The molecular formula is C10H15N5OS. The number of nitrogens with one attached hydrogen (secondary N) is 2. The Labute approximate surface area is 104 Å². The Morgan fingerprint density at radius 2 is 2.35 bits per heavy atom. The van der Waals surface area contributed by atoms with Crippen LogP contribution in [0.2, 0.25) is 0 Å². The molecule has 0 aliphatic rings. The first-order chi connectivity index (χ1) is 8.35. The van der Waals surface area contributed by atoms with Crippen molar-refractivity contribution in [3.63, 3.8) is 0 Å². The fourth-order valence-electron chi connectivity index (χ4n) is 1.38. The van der Waals surface area contributed by atoms with E-state index in [0.717, 1.165) is 28.4 Å². The van der Waals surface area contributed by atoms with Gasteiger partial charge in [-0.05, 0) is 6.92 Å². The number of aromatic nitrogens is 4. The number of aromatic amines is 1. The van der Waals surface area contributed by atoms with Gasteiger partial charge in [0.2, 0.25) is 5.95 Å². The highest BCUT2D eigenvalue weighted by Gasteiger charge is 2.09. The molecule has 2 N–H and O–H groups in total. The largest absolute Gasteiger partial charge is 0.384 e. The van der Waals surface area contributed by atoms with E-state index in [2.05, 4.69) is 25.5 Å². The Morgan fingerprint density at radius 1 is 1.47 bits per heavy atom. The third-order valence-corrected chi connectivity index (χ3v) is 3.09. The van der Waals surface area contributed by atoms with E-state index in [1.807, 2.05) is 6.92 Å². The third kappa shape index (κ3) is 2.86. The van der Waals surface area contributed by atoms with Crippen molar-refractivity contribution in [3.8, 4) is 0 Å². The summed E-state index contributed by atoms with van der Waals surface area (Å²) in [7, 11) is 1.69. The molecule has 7 heteroatoms. The van der Waals surface area contributed by atoms with E-state index < -0.39 is 0 Å². The third-order valence-electron chi connectivity index (χ3n) is 2.14. The summed E-state index contributed by atoms with van der Waals surface area (Å²) in [5, 5.41) is 11.8. The molecule has 92 valence electrons. The summed E-state index contributed by atoms with van der Waals surface area (Å²) in [6.07, 6.45) is 1.75. The first kappa shape index (κ1) is 12.1. The summed E-state index contributed by atoms with van der Waals surface area (Å²) in [6, 6.07) is 0. The normalized spacial score (nSPS) is 10.9. The van der Waals surface area contributed by atoms with Crippen LogP contribution in [-0.2, 0) is 4.74 Å². The number of hydrogen-bond donors (Lipinski definition) is 2. The van der Waals surface area contributed by atoms with Gasteiger partial charge in [-0.15, -0.1) is 11.8 Å². The second-order valence-electron chi connectivity index (χ2n) is 3.36. The molecule has 0 aliphatic heterocycles. The summed E-state index contributed by atoms with van der Waals surface area (Å²) in [5.74, 6) is 1.49. The molecule has 2 aromatic rings. The van der Waals surface area contributed by atoms with Crippen molar-refractivity contribution >= 4 is 28.7 Å². The molecular weight excluding hydrogens is 238 g/mol. The molecule has 0 amide bonds. The van der Waals surface area contributed by atoms with Crippen molar-refractivity contribution in [3.05, 3.63) is 6.20 Å². The molecule has 0 spiro atoms. The Bertz CT molecular complexity index is 487. The number of nitrogens with zero attached hydrogens (tertiary/aromatic N) is 3. The van der Waals surface area contributed by atoms with Gasteiger partial charge in [-0.3, -0.25) is 5.10 Å². The maximum atomic E-state index is 5.03. The van der Waals surface area contributed by atoms with Crippen LogP contribution in [0.5, 0.6) is 0 Å². The van der Waals surface area contributed by atoms with E-state index in [4.69, 9.17) is 4.74 Å². The lowest BCUT2D eigenvalue weighted by Gasteiger charge is -2.05. The second-order valence-corrected chi connectivity index (χ2v) is 4.44. The number of hydrogen-bond acceptors (Lipinski definition) is 6. The maximum Gasteiger partial charge on any atom is 0.225 e. The molecule has 2 aromatic heterocycles. The Balaban J connectivity index is 2.26. The molecule has 0 fully saturated rings. The highest BCUT2D eigenvalue weighted by molar-refractivity contribution is 7.99. The van der Waals surface area contributed by atoms with Crippen LogP contribution >= 0.6 is 11.8 Å². The van der Waals surface area contributed by atoms with Crippen LogP contribution in [0.1, 0.15) is 6.92 Å². The van der Waals surface area contributed by atoms with Crippen molar-refractivity contribution in [2.24, 2.45) is 0 Å². The van der Waals surface area contributed by atoms with E-state index in [0.29, 0.717) is 12.6 Å². The van der Waals surface area contributed by atoms with Gasteiger partial charge in [0.1, 0.15) is 5.03 Å². The Kier molecular flexibility index (Phi) is 4.16. The number of thioether (sulfide) groups is 1. The number of rotatable bonds is 6. The standard InChI is InChI=1S/C10H15N5OS/c1-3-11-10-13-8-7(6-12-15-8)9(14-10)17-5-4-16-2/h6H,3-5H2,1-2H3,(H2,11,12,13,14,15). The lowest BCUT2D eigenvalue weighted by molar-refractivity contribution is 0.218. The van der Waals surface area contributed by atoms with Gasteiger partial charge in [0.25, 0.3) is 0 Å². The van der Waals surface area contributed by atoms with Crippen LogP contribution in [0.4, 0.5) is 5.95 Å². The fourth-order valence-corrected chi connectivity index (χ4v) is 2.28. The van der Waals surface area contributed by atoms with Crippen molar-refractivity contribution in [1.29, 1.82) is 0 Å². The highest BCUT2D eigenvalue weighted by atomic mass is 32.2. The van der Waals surface area contributed by atoms with E-state index >= 15 is 0 Å². The number of ether oxygens (including phenoxy) is 1. The monoisotopic (exact) mass is 253 g/mol. The van der Waals surface area contributed by atoms with E-state index in [1.165, 1.54) is 0 Å². The van der Waals surface area contributed by atoms with Crippen LogP contribution in [0.3, 0.4) is 0 Å². The molecule has 2 heterocycles. The minimum Gasteiger partial charge on any atom is -0.384 e. The average Bonchev–Trinajstić information content (AvgIpc) is 2.78. The molecule has 0 bridgehead atoms. The van der Waals surface area contributed by atoms with E-state index in [-0.39, 0.29) is 0 Å². The average molecular weight is 253 g/mol. The smallest absolute Gasteiger partial charge is 0.225 e. The molecule has 0 aromatic carbocycles. The van der Waals surface area contributed by atoms with Crippen molar-refractivity contribution in [2.75, 3.05) is 31.3 Å². The quantitative estimate of drug-likeness (QED) is 0.462. The molecule has 0 saturated heterocycles. The van der Waals surface area contributed by atoms with Gasteiger partial charge in [0.05, 0.1) is 18.2 Å². The summed E-state index contributed by atoms with van der Waals surface area (Å²) < 4.78 is 5.03. The first-order valence-corrected chi connectivity index (χ1v) is 6.40. The zero-order chi connectivity index (χ0) is 12.1. The molecule has 0 unspecified atom stereocenters. The number of anilines is 1. The molecule has 0 aliphatic carbocycles. The molecule has 2 rings (SSSR count). The van der Waals surface area contributed by atoms with Gasteiger partial charge in [-0.25, -0.2) is 4.98 Å². The van der Waals surface area contributed by atoms with Gasteiger partial charge < -0.3 is 10.1 Å². The summed E-state index contributed by atoms with van der Waals surface area (Å²) in [5.41, 5.74) is 0.760. The molecule has 17 heavy (non-hydrogen) atoms. The maximum absolute atomic E-state index is 5.03. The number of H-pyrrole nitrogens is 1. The number of methoxy groups -OCH3 is 1. The summed E-state index contributed by atoms with van der Waals surface area (Å²) in [6.45, 7) is 3.50. The van der Waals surface area contributed by atoms with Crippen LogP contribution in [0.15, 0.2) is 11.2 Å². The van der Waals surface area contributed by atoms with Gasteiger partial charge in [0.15, 0.2) is 5.65 Å². The summed E-state index contributed by atoms with van der Waals surface area (Å²) in [4.78, 5) is 8.79. The zero-order valence-electron chi connectivity index (χ0n) is 9.86. The van der Waals surface area contributed by atoms with Crippen LogP contribution < -0.4 is 5.32 Å². The second kappa shape index (κ2) is 5.83. The lowest BCUT2D eigenvalue weighted by atomic mass is 10.4.